The molecule has 1 aromatic heterocycles. The Morgan fingerprint density at radius 2 is 1.93 bits per heavy atom. The Kier molecular flexibility index (Phi) is 12.4. The van der Waals surface area contributed by atoms with Crippen LogP contribution in [0.15, 0.2) is 52.1 Å². The molecule has 0 radical (unpaired) electrons. The average Bonchev–Trinajstić information content (AvgIpc) is 3.19. The van der Waals surface area contributed by atoms with E-state index in [9.17, 15) is 0 Å². The van der Waals surface area contributed by atoms with E-state index in [1.54, 1.807) is 20.4 Å². The lowest BCUT2D eigenvalue weighted by Gasteiger charge is -2.12. The van der Waals surface area contributed by atoms with Gasteiger partial charge in [0.25, 0.3) is 0 Å². The van der Waals surface area contributed by atoms with Crippen molar-refractivity contribution < 1.29 is 13.9 Å². The third-order valence-electron chi connectivity index (χ3n) is 3.87. The molecule has 0 spiro atoms. The van der Waals surface area contributed by atoms with E-state index in [0.717, 1.165) is 49.8 Å². The molecule has 0 amide bonds. The number of nitrogens with zero attached hydrogens (tertiary/aromatic N) is 1. The minimum atomic E-state index is 0. The summed E-state index contributed by atoms with van der Waals surface area (Å²) in [6.45, 7) is 2.88. The summed E-state index contributed by atoms with van der Waals surface area (Å²) in [5, 5.41) is 6.63. The minimum absolute atomic E-state index is 0. The zero-order chi connectivity index (χ0) is 18.5. The highest BCUT2D eigenvalue weighted by atomic mass is 127. The maximum atomic E-state index is 5.56. The van der Waals surface area contributed by atoms with Crippen LogP contribution in [-0.4, -0.2) is 39.8 Å². The van der Waals surface area contributed by atoms with Crippen molar-refractivity contribution in [3.63, 3.8) is 0 Å². The number of hydrogen-bond acceptors (Lipinski definition) is 4. The number of halogens is 1. The SMILES string of the molecule is CN=C(NCCCOCc1ccco1)NCCCc1cccc(OC)c1.I. The molecule has 0 aliphatic heterocycles. The summed E-state index contributed by atoms with van der Waals surface area (Å²) in [6, 6.07) is 12.0. The number of aryl methyl sites for hydroxylation is 1. The van der Waals surface area contributed by atoms with E-state index < -0.39 is 0 Å². The first-order valence-corrected chi connectivity index (χ1v) is 8.99. The number of rotatable bonds is 11. The van der Waals surface area contributed by atoms with Crippen molar-refractivity contribution in [1.82, 2.24) is 10.6 Å². The van der Waals surface area contributed by atoms with Crippen LogP contribution in [0.3, 0.4) is 0 Å². The molecule has 1 heterocycles. The van der Waals surface area contributed by atoms with Gasteiger partial charge in [0.15, 0.2) is 5.96 Å². The van der Waals surface area contributed by atoms with E-state index in [1.807, 2.05) is 24.3 Å². The number of benzene rings is 1. The van der Waals surface area contributed by atoms with Gasteiger partial charge in [-0.25, -0.2) is 0 Å². The van der Waals surface area contributed by atoms with Crippen molar-refractivity contribution in [2.45, 2.75) is 25.9 Å². The molecule has 150 valence electrons. The minimum Gasteiger partial charge on any atom is -0.497 e. The van der Waals surface area contributed by atoms with Crippen LogP contribution in [0.4, 0.5) is 0 Å². The number of furan rings is 1. The smallest absolute Gasteiger partial charge is 0.190 e. The van der Waals surface area contributed by atoms with Crippen LogP contribution in [0.1, 0.15) is 24.2 Å². The molecule has 27 heavy (non-hydrogen) atoms. The predicted molar refractivity (Wildman–Crippen MR) is 119 cm³/mol. The number of guanidine groups is 1. The topological polar surface area (TPSA) is 68.0 Å². The Morgan fingerprint density at radius 1 is 1.11 bits per heavy atom. The van der Waals surface area contributed by atoms with Crippen LogP contribution in [0.25, 0.3) is 0 Å². The lowest BCUT2D eigenvalue weighted by Crippen LogP contribution is -2.38. The standard InChI is InChI=1S/C20H29N3O3.HI/c1-21-20(23-12-6-13-25-16-19-10-5-14-26-19)22-11-4-8-17-7-3-9-18(15-17)24-2;/h3,5,7,9-10,14-15H,4,6,8,11-13,16H2,1-2H3,(H2,21,22,23);1H. The van der Waals surface area contributed by atoms with Gasteiger partial charge in [0.1, 0.15) is 18.1 Å². The van der Waals surface area contributed by atoms with Crippen molar-refractivity contribution in [3.8, 4) is 5.75 Å². The Morgan fingerprint density at radius 3 is 2.63 bits per heavy atom. The average molecular weight is 487 g/mol. The molecule has 0 saturated carbocycles. The molecule has 0 atom stereocenters. The largest absolute Gasteiger partial charge is 0.497 e. The monoisotopic (exact) mass is 487 g/mol. The van der Waals surface area contributed by atoms with E-state index in [1.165, 1.54) is 5.56 Å². The third kappa shape index (κ3) is 9.67. The van der Waals surface area contributed by atoms with Gasteiger partial charge in [-0.15, -0.1) is 24.0 Å². The van der Waals surface area contributed by atoms with E-state index in [0.29, 0.717) is 13.2 Å². The Labute approximate surface area is 178 Å². The molecule has 2 rings (SSSR count). The van der Waals surface area contributed by atoms with E-state index >= 15 is 0 Å². The van der Waals surface area contributed by atoms with Crippen molar-refractivity contribution >= 4 is 29.9 Å². The fourth-order valence-corrected chi connectivity index (χ4v) is 2.50. The normalized spacial score (nSPS) is 11.0. The van der Waals surface area contributed by atoms with Crippen LogP contribution in [-0.2, 0) is 17.8 Å². The first-order valence-electron chi connectivity index (χ1n) is 8.99. The van der Waals surface area contributed by atoms with Crippen LogP contribution < -0.4 is 15.4 Å². The van der Waals surface area contributed by atoms with Crippen LogP contribution in [0, 0.1) is 0 Å². The second-order valence-electron chi connectivity index (χ2n) is 5.87. The predicted octanol–water partition coefficient (Wildman–Crippen LogP) is 3.61. The number of methoxy groups -OCH3 is 1. The third-order valence-corrected chi connectivity index (χ3v) is 3.87. The van der Waals surface area contributed by atoms with E-state index in [2.05, 4.69) is 27.8 Å². The van der Waals surface area contributed by atoms with Crippen LogP contribution in [0.5, 0.6) is 5.75 Å². The van der Waals surface area contributed by atoms with Gasteiger partial charge in [-0.2, -0.15) is 0 Å². The van der Waals surface area contributed by atoms with Gasteiger partial charge in [0.2, 0.25) is 0 Å². The molecular formula is C20H30IN3O3. The molecule has 0 aliphatic carbocycles. The van der Waals surface area contributed by atoms with Crippen LogP contribution >= 0.6 is 24.0 Å². The fourth-order valence-electron chi connectivity index (χ4n) is 2.50. The lowest BCUT2D eigenvalue weighted by atomic mass is 10.1. The molecule has 1 aromatic carbocycles. The molecule has 2 aromatic rings. The number of hydrogen-bond donors (Lipinski definition) is 2. The van der Waals surface area contributed by atoms with Crippen molar-refractivity contribution in [2.75, 3.05) is 33.9 Å². The summed E-state index contributed by atoms with van der Waals surface area (Å²) in [7, 11) is 3.48. The molecule has 0 fully saturated rings. The Balaban J connectivity index is 0.00000364. The molecule has 6 nitrogen and oxygen atoms in total. The highest BCUT2D eigenvalue weighted by Gasteiger charge is 2.00. The summed E-state index contributed by atoms with van der Waals surface area (Å²) >= 11 is 0. The maximum Gasteiger partial charge on any atom is 0.190 e. The lowest BCUT2D eigenvalue weighted by molar-refractivity contribution is 0.105. The highest BCUT2D eigenvalue weighted by Crippen LogP contribution is 2.13. The zero-order valence-electron chi connectivity index (χ0n) is 16.1. The maximum absolute atomic E-state index is 5.56. The van der Waals surface area contributed by atoms with Gasteiger partial charge in [0, 0.05) is 26.7 Å². The summed E-state index contributed by atoms with van der Waals surface area (Å²) in [6.07, 6.45) is 4.59. The van der Waals surface area contributed by atoms with E-state index in [4.69, 9.17) is 13.9 Å². The molecule has 7 heteroatoms. The van der Waals surface area contributed by atoms with Gasteiger partial charge in [-0.05, 0) is 49.1 Å². The quantitative estimate of drug-likeness (QED) is 0.220. The number of nitrogens with one attached hydrogen (secondary N) is 2. The second-order valence-corrected chi connectivity index (χ2v) is 5.87. The van der Waals surface area contributed by atoms with Crippen molar-refractivity contribution in [2.24, 2.45) is 4.99 Å². The summed E-state index contributed by atoms with van der Waals surface area (Å²) < 4.78 is 16.0. The first kappa shape index (κ1) is 23.3. The van der Waals surface area contributed by atoms with Crippen molar-refractivity contribution in [1.29, 1.82) is 0 Å². The molecule has 0 saturated heterocycles. The van der Waals surface area contributed by atoms with Gasteiger partial charge < -0.3 is 24.5 Å². The zero-order valence-corrected chi connectivity index (χ0v) is 18.4. The molecule has 0 unspecified atom stereocenters. The highest BCUT2D eigenvalue weighted by molar-refractivity contribution is 14.0. The Bertz CT molecular complexity index is 648. The van der Waals surface area contributed by atoms with Gasteiger partial charge >= 0.3 is 0 Å². The Hall–Kier alpha value is -1.74. The summed E-state index contributed by atoms with van der Waals surface area (Å²) in [5.74, 6) is 2.58. The number of aliphatic imine (C=N–C) groups is 1. The van der Waals surface area contributed by atoms with Gasteiger partial charge in [-0.1, -0.05) is 12.1 Å². The molecular weight excluding hydrogens is 457 g/mol. The summed E-state index contributed by atoms with van der Waals surface area (Å²) in [5.41, 5.74) is 1.28. The first-order chi connectivity index (χ1) is 12.8. The fraction of sp³-hybridized carbons (Fsp3) is 0.450. The van der Waals surface area contributed by atoms with Crippen LogP contribution in [0.2, 0.25) is 0 Å². The van der Waals surface area contributed by atoms with E-state index in [-0.39, 0.29) is 24.0 Å². The molecule has 2 N–H and O–H groups in total. The number of ether oxygens (including phenoxy) is 2. The summed E-state index contributed by atoms with van der Waals surface area (Å²) in [4.78, 5) is 4.24. The van der Waals surface area contributed by atoms with Gasteiger partial charge in [0.05, 0.1) is 13.4 Å². The molecule has 0 bridgehead atoms. The van der Waals surface area contributed by atoms with Crippen molar-refractivity contribution in [3.05, 3.63) is 54.0 Å². The van der Waals surface area contributed by atoms with Gasteiger partial charge in [-0.3, -0.25) is 4.99 Å². The molecule has 0 aliphatic rings. The second kappa shape index (κ2) is 14.3.